The number of methoxy groups -OCH3 is 2. The summed E-state index contributed by atoms with van der Waals surface area (Å²) in [5.74, 6) is -1.18. The summed E-state index contributed by atoms with van der Waals surface area (Å²) in [5.41, 5.74) is -1.22. The quantitative estimate of drug-likeness (QED) is 0.469. The second kappa shape index (κ2) is 11.5. The van der Waals surface area contributed by atoms with E-state index in [0.29, 0.717) is 17.4 Å². The Bertz CT molecular complexity index is 985. The third kappa shape index (κ3) is 8.20. The average Bonchev–Trinajstić information content (AvgIpc) is 2.75. The summed E-state index contributed by atoms with van der Waals surface area (Å²) in [5, 5.41) is 2.51. The Hall–Kier alpha value is -3.20. The monoisotopic (exact) mass is 493 g/mol. The highest BCUT2D eigenvalue weighted by Gasteiger charge is 2.32. The maximum atomic E-state index is 14.4. The fraction of sp³-hybridized carbons (Fsp3) is 0.462. The second-order valence-electron chi connectivity index (χ2n) is 9.50. The lowest BCUT2D eigenvalue weighted by atomic mass is 9.86. The molecule has 0 unspecified atom stereocenters. The molecule has 2 atom stereocenters. The van der Waals surface area contributed by atoms with Crippen molar-refractivity contribution in [1.82, 2.24) is 5.32 Å². The van der Waals surface area contributed by atoms with Gasteiger partial charge in [-0.15, -0.1) is 0 Å². The molecule has 0 aliphatic carbocycles. The number of nitrogens with one attached hydrogen (secondary N) is 1. The number of ether oxygens (including phenoxy) is 4. The number of hydrogen-bond acceptors (Lipinski definition) is 6. The van der Waals surface area contributed by atoms with Crippen LogP contribution in [0.2, 0.25) is 0 Å². The lowest BCUT2D eigenvalue weighted by molar-refractivity contribution is -0.116. The molecule has 192 valence electrons. The predicted molar refractivity (Wildman–Crippen MR) is 127 cm³/mol. The van der Waals surface area contributed by atoms with Crippen molar-refractivity contribution in [2.45, 2.75) is 57.8 Å². The number of alkyl carbamates (subject to hydrolysis) is 1. The Labute approximate surface area is 204 Å². The molecule has 0 bridgehead atoms. The second-order valence-corrected chi connectivity index (χ2v) is 9.50. The molecule has 2 aromatic rings. The molecule has 7 nitrogen and oxygen atoms in total. The van der Waals surface area contributed by atoms with E-state index in [2.05, 4.69) is 5.32 Å². The van der Waals surface area contributed by atoms with Crippen LogP contribution in [0.5, 0.6) is 11.5 Å². The molecule has 0 radical (unpaired) electrons. The predicted octanol–water partition coefficient (Wildman–Crippen LogP) is 5.00. The van der Waals surface area contributed by atoms with E-state index in [1.54, 1.807) is 39.8 Å². The molecule has 0 aliphatic rings. The van der Waals surface area contributed by atoms with Gasteiger partial charge in [-0.2, -0.15) is 0 Å². The first-order chi connectivity index (χ1) is 16.3. The van der Waals surface area contributed by atoms with Crippen molar-refractivity contribution in [2.24, 2.45) is 0 Å². The Morgan fingerprint density at radius 1 is 0.943 bits per heavy atom. The Morgan fingerprint density at radius 3 is 1.83 bits per heavy atom. The van der Waals surface area contributed by atoms with Crippen LogP contribution in [0, 0.1) is 11.6 Å². The van der Waals surface area contributed by atoms with E-state index in [9.17, 15) is 18.4 Å². The molecule has 2 aromatic carbocycles. The van der Waals surface area contributed by atoms with Crippen LogP contribution in [0.3, 0.4) is 0 Å². The Morgan fingerprint density at radius 2 is 1.43 bits per heavy atom. The van der Waals surface area contributed by atoms with Crippen LogP contribution >= 0.6 is 0 Å². The number of carbonyl (C=O) groups excluding carboxylic acids is 2. The maximum Gasteiger partial charge on any atom is 0.408 e. The van der Waals surface area contributed by atoms with Gasteiger partial charge in [-0.05, 0) is 70.0 Å². The van der Waals surface area contributed by atoms with Gasteiger partial charge < -0.3 is 29.1 Å². The molecule has 0 aromatic heterocycles. The molecule has 0 aliphatic heterocycles. The minimum absolute atomic E-state index is 0.216. The highest BCUT2D eigenvalue weighted by Crippen LogP contribution is 2.35. The number of halogens is 2. The first-order valence-corrected chi connectivity index (χ1v) is 11.1. The minimum atomic E-state index is -1.40. The summed E-state index contributed by atoms with van der Waals surface area (Å²) >= 11 is 0. The summed E-state index contributed by atoms with van der Waals surface area (Å²) in [6.07, 6.45) is -0.910. The molecule has 2 rings (SSSR count). The third-order valence-electron chi connectivity index (χ3n) is 5.14. The van der Waals surface area contributed by atoms with E-state index in [1.807, 2.05) is 0 Å². The minimum Gasteiger partial charge on any atom is -0.497 e. The van der Waals surface area contributed by atoms with Gasteiger partial charge in [0, 0.05) is 18.1 Å². The molecule has 0 fully saturated rings. The number of carbonyl (C=O) groups is 2. The molecule has 9 heteroatoms. The first-order valence-electron chi connectivity index (χ1n) is 11.1. The third-order valence-corrected chi connectivity index (χ3v) is 5.14. The fourth-order valence-electron chi connectivity index (χ4n) is 3.54. The summed E-state index contributed by atoms with van der Waals surface area (Å²) in [7, 11) is 2.83. The molecule has 35 heavy (non-hydrogen) atoms. The number of aldehydes is 1. The van der Waals surface area contributed by atoms with E-state index < -0.39 is 40.9 Å². The van der Waals surface area contributed by atoms with Gasteiger partial charge in [-0.1, -0.05) is 0 Å². The molecular weight excluding hydrogens is 460 g/mol. The van der Waals surface area contributed by atoms with Crippen LogP contribution in [0.15, 0.2) is 36.4 Å². The Balaban J connectivity index is 2.38. The zero-order valence-corrected chi connectivity index (χ0v) is 21.1. The smallest absolute Gasteiger partial charge is 0.408 e. The number of hydrogen-bond donors (Lipinski definition) is 1. The molecule has 0 spiro atoms. The Kier molecular flexibility index (Phi) is 9.20. The van der Waals surface area contributed by atoms with Gasteiger partial charge in [0.1, 0.15) is 40.6 Å². The molecular formula is C26H33F2NO6. The van der Waals surface area contributed by atoms with E-state index in [-0.39, 0.29) is 18.1 Å². The zero-order valence-electron chi connectivity index (χ0n) is 21.1. The van der Waals surface area contributed by atoms with Gasteiger partial charge in [-0.3, -0.25) is 0 Å². The normalized spacial score (nSPS) is 14.1. The van der Waals surface area contributed by atoms with Crippen LogP contribution in [0.4, 0.5) is 13.6 Å². The lowest BCUT2D eigenvalue weighted by Crippen LogP contribution is -2.52. The SMILES string of the molecule is COc1cc(F)cc(C(c2cc(F)cc(OC)c2)[C@H](C)OC[C@@](C)(C=O)NC(=O)OC(C)(C)C)c1. The van der Waals surface area contributed by atoms with Crippen molar-refractivity contribution in [3.05, 3.63) is 59.2 Å². The van der Waals surface area contributed by atoms with E-state index >= 15 is 0 Å². The standard InChI is InChI=1S/C26H33F2NO6/c1-16(34-15-26(5,14-30)29-24(31)35-25(2,3)4)23(17-8-19(27)12-21(10-17)32-6)18-9-20(28)13-22(11-18)33-7/h8-14,16,23H,15H2,1-7H3,(H,29,31)/t16-,26+/m0/s1. The van der Waals surface area contributed by atoms with Gasteiger partial charge >= 0.3 is 6.09 Å². The van der Waals surface area contributed by atoms with Gasteiger partial charge in [0.2, 0.25) is 0 Å². The van der Waals surface area contributed by atoms with Crippen LogP contribution in [-0.2, 0) is 14.3 Å². The van der Waals surface area contributed by atoms with Gasteiger partial charge in [-0.25, -0.2) is 13.6 Å². The van der Waals surface area contributed by atoms with Crippen molar-refractivity contribution in [2.75, 3.05) is 20.8 Å². The van der Waals surface area contributed by atoms with Crippen molar-refractivity contribution in [3.8, 4) is 11.5 Å². The van der Waals surface area contributed by atoms with Crippen LogP contribution in [-0.4, -0.2) is 50.4 Å². The highest BCUT2D eigenvalue weighted by molar-refractivity contribution is 5.76. The fourth-order valence-corrected chi connectivity index (χ4v) is 3.54. The summed E-state index contributed by atoms with van der Waals surface area (Å²) < 4.78 is 50.3. The first kappa shape index (κ1) is 28.0. The van der Waals surface area contributed by atoms with Crippen LogP contribution in [0.25, 0.3) is 0 Å². The van der Waals surface area contributed by atoms with Crippen molar-refractivity contribution < 1.29 is 37.3 Å². The van der Waals surface area contributed by atoms with E-state index in [4.69, 9.17) is 18.9 Å². The van der Waals surface area contributed by atoms with Crippen LogP contribution in [0.1, 0.15) is 51.7 Å². The number of benzene rings is 2. The van der Waals surface area contributed by atoms with Crippen LogP contribution < -0.4 is 14.8 Å². The summed E-state index contributed by atoms with van der Waals surface area (Å²) in [6, 6.07) is 8.33. The maximum absolute atomic E-state index is 14.4. The number of amides is 1. The molecule has 1 amide bonds. The highest BCUT2D eigenvalue weighted by atomic mass is 19.1. The van der Waals surface area contributed by atoms with E-state index in [0.717, 1.165) is 0 Å². The molecule has 1 N–H and O–H groups in total. The molecule has 0 saturated carbocycles. The van der Waals surface area contributed by atoms with Crippen molar-refractivity contribution in [3.63, 3.8) is 0 Å². The molecule has 0 heterocycles. The average molecular weight is 494 g/mol. The zero-order chi connectivity index (χ0) is 26.4. The van der Waals surface area contributed by atoms with Crippen molar-refractivity contribution >= 4 is 12.4 Å². The van der Waals surface area contributed by atoms with Crippen molar-refractivity contribution in [1.29, 1.82) is 0 Å². The summed E-state index contributed by atoms with van der Waals surface area (Å²) in [6.45, 7) is 8.09. The molecule has 0 saturated heterocycles. The largest absolute Gasteiger partial charge is 0.497 e. The van der Waals surface area contributed by atoms with E-state index in [1.165, 1.54) is 45.4 Å². The number of rotatable bonds is 10. The van der Waals surface area contributed by atoms with Gasteiger partial charge in [0.15, 0.2) is 0 Å². The summed E-state index contributed by atoms with van der Waals surface area (Å²) in [4.78, 5) is 24.0. The van der Waals surface area contributed by atoms with Gasteiger partial charge in [0.25, 0.3) is 0 Å². The topological polar surface area (TPSA) is 83.1 Å². The lowest BCUT2D eigenvalue weighted by Gasteiger charge is -2.31. The van der Waals surface area contributed by atoms with Gasteiger partial charge in [0.05, 0.1) is 26.9 Å².